The van der Waals surface area contributed by atoms with Gasteiger partial charge in [0, 0.05) is 25.8 Å². The minimum atomic E-state index is 0.404. The lowest BCUT2D eigenvalue weighted by Gasteiger charge is -2.27. The molecular formula is C17H25N3. The van der Waals surface area contributed by atoms with E-state index in [4.69, 9.17) is 0 Å². The van der Waals surface area contributed by atoms with Gasteiger partial charge >= 0.3 is 0 Å². The average Bonchev–Trinajstić information content (AvgIpc) is 2.90. The fourth-order valence-electron chi connectivity index (χ4n) is 2.77. The van der Waals surface area contributed by atoms with Crippen LogP contribution in [0, 0.1) is 5.92 Å². The molecule has 0 saturated heterocycles. The first-order chi connectivity index (χ1) is 9.76. The maximum absolute atomic E-state index is 4.23. The number of nitrogens with one attached hydrogen (secondary N) is 1. The van der Waals surface area contributed by atoms with Gasteiger partial charge in [0.2, 0.25) is 0 Å². The zero-order valence-electron chi connectivity index (χ0n) is 12.7. The molecule has 1 aromatic heterocycles. The predicted molar refractivity (Wildman–Crippen MR) is 83.3 cm³/mol. The van der Waals surface area contributed by atoms with E-state index in [1.54, 1.807) is 0 Å². The highest BCUT2D eigenvalue weighted by atomic mass is 15.3. The summed E-state index contributed by atoms with van der Waals surface area (Å²) in [4.78, 5) is 0. The topological polar surface area (TPSA) is 29.9 Å². The van der Waals surface area contributed by atoms with E-state index in [0.29, 0.717) is 12.0 Å². The van der Waals surface area contributed by atoms with Gasteiger partial charge in [-0.15, -0.1) is 0 Å². The third kappa shape index (κ3) is 3.48. The monoisotopic (exact) mass is 271 g/mol. The molecule has 108 valence electrons. The van der Waals surface area contributed by atoms with Gasteiger partial charge in [-0.1, -0.05) is 57.0 Å². The molecule has 1 atom stereocenters. The van der Waals surface area contributed by atoms with Crippen molar-refractivity contribution in [3.8, 4) is 0 Å². The van der Waals surface area contributed by atoms with Crippen LogP contribution in [0.5, 0.6) is 0 Å². The van der Waals surface area contributed by atoms with E-state index in [0.717, 1.165) is 6.54 Å². The molecule has 3 heteroatoms. The Bertz CT molecular complexity index is 500. The highest BCUT2D eigenvalue weighted by Crippen LogP contribution is 2.27. The van der Waals surface area contributed by atoms with Crippen LogP contribution in [-0.4, -0.2) is 9.78 Å². The second-order valence-corrected chi connectivity index (χ2v) is 5.29. The first kappa shape index (κ1) is 14.8. The lowest BCUT2D eigenvalue weighted by atomic mass is 9.89. The highest BCUT2D eigenvalue weighted by Gasteiger charge is 2.20. The van der Waals surface area contributed by atoms with Crippen LogP contribution in [0.2, 0.25) is 0 Å². The molecule has 2 rings (SSSR count). The van der Waals surface area contributed by atoms with Gasteiger partial charge in [0.1, 0.15) is 0 Å². The van der Waals surface area contributed by atoms with Crippen LogP contribution >= 0.6 is 0 Å². The summed E-state index contributed by atoms with van der Waals surface area (Å²) in [6, 6.07) is 13.2. The van der Waals surface area contributed by atoms with Gasteiger partial charge in [-0.3, -0.25) is 4.68 Å². The molecule has 2 aromatic rings. The summed E-state index contributed by atoms with van der Waals surface area (Å²) in [6.45, 7) is 5.40. The smallest absolute Gasteiger partial charge is 0.0518 e. The second kappa shape index (κ2) is 7.25. The Kier molecular flexibility index (Phi) is 5.36. The maximum Gasteiger partial charge on any atom is 0.0518 e. The van der Waals surface area contributed by atoms with E-state index in [2.05, 4.69) is 60.7 Å². The van der Waals surface area contributed by atoms with Gasteiger partial charge in [0.05, 0.1) is 5.69 Å². The summed E-state index contributed by atoms with van der Waals surface area (Å²) in [7, 11) is 1.99. The van der Waals surface area contributed by atoms with Gasteiger partial charge in [0.25, 0.3) is 0 Å². The van der Waals surface area contributed by atoms with Gasteiger partial charge in [-0.25, -0.2) is 0 Å². The van der Waals surface area contributed by atoms with E-state index in [9.17, 15) is 0 Å². The van der Waals surface area contributed by atoms with Crippen molar-refractivity contribution in [2.24, 2.45) is 13.0 Å². The first-order valence-corrected chi connectivity index (χ1v) is 7.51. The van der Waals surface area contributed by atoms with Gasteiger partial charge < -0.3 is 5.32 Å². The van der Waals surface area contributed by atoms with Crippen molar-refractivity contribution in [2.75, 3.05) is 0 Å². The molecule has 1 heterocycles. The van der Waals surface area contributed by atoms with E-state index in [-0.39, 0.29) is 0 Å². The number of aromatic nitrogens is 2. The molecular weight excluding hydrogens is 246 g/mol. The fourth-order valence-corrected chi connectivity index (χ4v) is 2.77. The first-order valence-electron chi connectivity index (χ1n) is 7.51. The summed E-state index contributed by atoms with van der Waals surface area (Å²) in [6.07, 6.45) is 4.23. The molecule has 0 aliphatic heterocycles. The van der Waals surface area contributed by atoms with Crippen LogP contribution in [-0.2, 0) is 13.6 Å². The zero-order valence-corrected chi connectivity index (χ0v) is 12.7. The molecule has 0 bridgehead atoms. The molecule has 1 aromatic carbocycles. The van der Waals surface area contributed by atoms with Crippen molar-refractivity contribution in [2.45, 2.75) is 39.3 Å². The van der Waals surface area contributed by atoms with Crippen LogP contribution in [0.4, 0.5) is 0 Å². The summed E-state index contributed by atoms with van der Waals surface area (Å²) < 4.78 is 1.93. The van der Waals surface area contributed by atoms with Gasteiger partial charge in [-0.05, 0) is 17.5 Å². The maximum atomic E-state index is 4.23. The van der Waals surface area contributed by atoms with Gasteiger partial charge in [0.15, 0.2) is 0 Å². The van der Waals surface area contributed by atoms with Crippen LogP contribution in [0.25, 0.3) is 0 Å². The summed E-state index contributed by atoms with van der Waals surface area (Å²) in [5.74, 6) is 0.658. The highest BCUT2D eigenvalue weighted by molar-refractivity contribution is 5.20. The van der Waals surface area contributed by atoms with Crippen molar-refractivity contribution in [1.29, 1.82) is 0 Å². The lowest BCUT2D eigenvalue weighted by Crippen LogP contribution is -2.28. The Labute approximate surface area is 122 Å². The van der Waals surface area contributed by atoms with Crippen LogP contribution < -0.4 is 5.32 Å². The number of nitrogens with zero attached hydrogens (tertiary/aromatic N) is 2. The molecule has 0 spiro atoms. The largest absolute Gasteiger partial charge is 0.304 e. The summed E-state index contributed by atoms with van der Waals surface area (Å²) in [5.41, 5.74) is 2.60. The standard InChI is InChI=1S/C17H25N3/c1-4-14(5-2)17(15-9-7-6-8-10-15)18-13-16-11-12-19-20(16)3/h6-12,14,17-18H,4-5,13H2,1-3H3. The minimum absolute atomic E-state index is 0.404. The van der Waals surface area contributed by atoms with Crippen LogP contribution in [0.1, 0.15) is 44.0 Å². The Morgan fingerprint density at radius 1 is 1.10 bits per heavy atom. The van der Waals surface area contributed by atoms with E-state index in [1.165, 1.54) is 24.1 Å². The van der Waals surface area contributed by atoms with Crippen LogP contribution in [0.3, 0.4) is 0 Å². The number of hydrogen-bond donors (Lipinski definition) is 1. The fraction of sp³-hybridized carbons (Fsp3) is 0.471. The van der Waals surface area contributed by atoms with Gasteiger partial charge in [-0.2, -0.15) is 5.10 Å². The molecule has 0 aliphatic rings. The summed E-state index contributed by atoms with van der Waals surface area (Å²) in [5, 5.41) is 7.95. The average molecular weight is 271 g/mol. The number of rotatable bonds is 7. The molecule has 0 fully saturated rings. The van der Waals surface area contributed by atoms with Crippen molar-refractivity contribution in [3.63, 3.8) is 0 Å². The number of benzene rings is 1. The molecule has 1 N–H and O–H groups in total. The van der Waals surface area contributed by atoms with Crippen molar-refractivity contribution in [1.82, 2.24) is 15.1 Å². The molecule has 0 amide bonds. The summed E-state index contributed by atoms with van der Waals surface area (Å²) >= 11 is 0. The Morgan fingerprint density at radius 3 is 2.35 bits per heavy atom. The number of hydrogen-bond acceptors (Lipinski definition) is 2. The SMILES string of the molecule is CCC(CC)C(NCc1ccnn1C)c1ccccc1. The molecule has 1 unspecified atom stereocenters. The molecule has 0 saturated carbocycles. The molecule has 0 aliphatic carbocycles. The Hall–Kier alpha value is -1.61. The van der Waals surface area contributed by atoms with Crippen molar-refractivity contribution < 1.29 is 0 Å². The van der Waals surface area contributed by atoms with E-state index < -0.39 is 0 Å². The number of aryl methyl sites for hydroxylation is 1. The molecule has 3 nitrogen and oxygen atoms in total. The van der Waals surface area contributed by atoms with Crippen molar-refractivity contribution >= 4 is 0 Å². The Morgan fingerprint density at radius 2 is 1.80 bits per heavy atom. The molecule has 20 heavy (non-hydrogen) atoms. The van der Waals surface area contributed by atoms with Crippen LogP contribution in [0.15, 0.2) is 42.6 Å². The van der Waals surface area contributed by atoms with E-state index >= 15 is 0 Å². The second-order valence-electron chi connectivity index (χ2n) is 5.29. The van der Waals surface area contributed by atoms with Crippen molar-refractivity contribution in [3.05, 3.63) is 53.9 Å². The predicted octanol–water partition coefficient (Wildman–Crippen LogP) is 3.69. The third-order valence-corrected chi connectivity index (χ3v) is 4.10. The third-order valence-electron chi connectivity index (χ3n) is 4.10. The molecule has 0 radical (unpaired) electrons. The quantitative estimate of drug-likeness (QED) is 0.832. The van der Waals surface area contributed by atoms with E-state index in [1.807, 2.05) is 17.9 Å². The minimum Gasteiger partial charge on any atom is -0.304 e. The zero-order chi connectivity index (χ0) is 14.4. The normalized spacial score (nSPS) is 12.8. The Balaban J connectivity index is 2.13. The lowest BCUT2D eigenvalue weighted by molar-refractivity contribution is 0.336.